The monoisotopic (exact) mass is 398 g/mol. The van der Waals surface area contributed by atoms with Crippen molar-refractivity contribution >= 4 is 23.3 Å². The van der Waals surface area contributed by atoms with Crippen molar-refractivity contribution in [2.75, 3.05) is 11.1 Å². The Labute approximate surface area is 172 Å². The highest BCUT2D eigenvalue weighted by Gasteiger charge is 2.13. The van der Waals surface area contributed by atoms with Crippen molar-refractivity contribution in [2.24, 2.45) is 0 Å². The van der Waals surface area contributed by atoms with Crippen molar-refractivity contribution < 1.29 is 14.6 Å². The van der Waals surface area contributed by atoms with Crippen LogP contribution >= 0.6 is 0 Å². The fourth-order valence-electron chi connectivity index (χ4n) is 2.96. The van der Waals surface area contributed by atoms with Gasteiger partial charge in [0.2, 0.25) is 0 Å². The largest absolute Gasteiger partial charge is 0.478 e. The Morgan fingerprint density at radius 2 is 1.63 bits per heavy atom. The molecule has 1 heterocycles. The Morgan fingerprint density at radius 1 is 0.900 bits per heavy atom. The van der Waals surface area contributed by atoms with Crippen LogP contribution in [0.3, 0.4) is 0 Å². The summed E-state index contributed by atoms with van der Waals surface area (Å²) < 4.78 is 5.83. The van der Waals surface area contributed by atoms with E-state index in [4.69, 9.17) is 10.5 Å². The molecule has 0 spiro atoms. The predicted molar refractivity (Wildman–Crippen MR) is 115 cm³/mol. The lowest BCUT2D eigenvalue weighted by Gasteiger charge is -2.13. The van der Waals surface area contributed by atoms with Crippen molar-refractivity contribution in [3.05, 3.63) is 90.8 Å². The number of para-hydroxylation sites is 1. The highest BCUT2D eigenvalue weighted by molar-refractivity contribution is 5.90. The van der Waals surface area contributed by atoms with Gasteiger partial charge in [-0.3, -0.25) is 0 Å². The van der Waals surface area contributed by atoms with Crippen LogP contribution in [0.1, 0.15) is 10.4 Å². The number of hydrogen-bond acceptors (Lipinski definition) is 6. The van der Waals surface area contributed by atoms with Gasteiger partial charge in [-0.05, 0) is 48.0 Å². The molecule has 148 valence electrons. The first-order valence-electron chi connectivity index (χ1n) is 9.14. The lowest BCUT2D eigenvalue weighted by molar-refractivity contribution is 0.0697. The number of nitrogens with one attached hydrogen (secondary N) is 1. The minimum atomic E-state index is -1.00. The first kappa shape index (κ1) is 18.9. The van der Waals surface area contributed by atoms with Crippen molar-refractivity contribution in [3.63, 3.8) is 0 Å². The summed E-state index contributed by atoms with van der Waals surface area (Å²) in [7, 11) is 0. The number of aromatic carboxylic acids is 1. The van der Waals surface area contributed by atoms with Gasteiger partial charge < -0.3 is 20.9 Å². The number of carboxylic acid groups (broad SMARTS) is 1. The van der Waals surface area contributed by atoms with Gasteiger partial charge in [-0.2, -0.15) is 0 Å². The molecule has 0 aliphatic heterocycles. The number of nitrogens with two attached hydrogens (primary N) is 1. The van der Waals surface area contributed by atoms with E-state index in [2.05, 4.69) is 15.3 Å². The third-order valence-electron chi connectivity index (χ3n) is 4.37. The highest BCUT2D eigenvalue weighted by Crippen LogP contribution is 2.34. The van der Waals surface area contributed by atoms with Gasteiger partial charge in [0.15, 0.2) is 0 Å². The van der Waals surface area contributed by atoms with Crippen LogP contribution < -0.4 is 15.8 Å². The molecule has 0 atom stereocenters. The van der Waals surface area contributed by atoms with Gasteiger partial charge in [-0.1, -0.05) is 36.4 Å². The number of carboxylic acids is 1. The number of ether oxygens (including phenoxy) is 1. The smallest absolute Gasteiger partial charge is 0.335 e. The molecule has 1 aromatic heterocycles. The summed E-state index contributed by atoms with van der Waals surface area (Å²) in [6.07, 6.45) is 1.36. The van der Waals surface area contributed by atoms with Crippen LogP contribution in [0.15, 0.2) is 85.2 Å². The molecular weight excluding hydrogens is 380 g/mol. The molecule has 7 heteroatoms. The fourth-order valence-corrected chi connectivity index (χ4v) is 2.96. The second-order valence-electron chi connectivity index (χ2n) is 6.43. The van der Waals surface area contributed by atoms with E-state index >= 15 is 0 Å². The SMILES string of the molecule is Nc1ncnc(Nc2cccc(C(=O)O)c2)c1-c1ccc(Oc2ccccc2)cc1. The zero-order valence-corrected chi connectivity index (χ0v) is 15.8. The zero-order valence-electron chi connectivity index (χ0n) is 15.8. The molecular formula is C23H18N4O3. The van der Waals surface area contributed by atoms with Gasteiger partial charge in [0, 0.05) is 5.69 Å². The van der Waals surface area contributed by atoms with Crippen LogP contribution in [0, 0.1) is 0 Å². The molecule has 0 aliphatic rings. The maximum atomic E-state index is 11.2. The average Bonchev–Trinajstić information content (AvgIpc) is 2.76. The van der Waals surface area contributed by atoms with Gasteiger partial charge in [-0.25, -0.2) is 14.8 Å². The van der Waals surface area contributed by atoms with Crippen molar-refractivity contribution in [1.82, 2.24) is 9.97 Å². The lowest BCUT2D eigenvalue weighted by Crippen LogP contribution is -2.03. The van der Waals surface area contributed by atoms with Crippen LogP contribution in [0.25, 0.3) is 11.1 Å². The fraction of sp³-hybridized carbons (Fsp3) is 0. The molecule has 0 bridgehead atoms. The number of hydrogen-bond donors (Lipinski definition) is 3. The van der Waals surface area contributed by atoms with Crippen LogP contribution in [-0.2, 0) is 0 Å². The molecule has 0 unspecified atom stereocenters. The van der Waals surface area contributed by atoms with E-state index in [1.165, 1.54) is 18.5 Å². The van der Waals surface area contributed by atoms with Crippen molar-refractivity contribution in [3.8, 4) is 22.6 Å². The van der Waals surface area contributed by atoms with E-state index in [0.717, 1.165) is 11.3 Å². The molecule has 0 amide bonds. The standard InChI is InChI=1S/C23H18N4O3/c24-21-20(15-9-11-19(12-10-15)30-18-7-2-1-3-8-18)22(26-14-25-21)27-17-6-4-5-16(13-17)23(28)29/h1-14H,(H,28,29)(H3,24,25,26,27). The number of rotatable bonds is 6. The maximum Gasteiger partial charge on any atom is 0.335 e. The Hall–Kier alpha value is -4.39. The highest BCUT2D eigenvalue weighted by atomic mass is 16.5. The maximum absolute atomic E-state index is 11.2. The van der Waals surface area contributed by atoms with Gasteiger partial charge in [-0.15, -0.1) is 0 Å². The molecule has 4 N–H and O–H groups in total. The first-order valence-corrected chi connectivity index (χ1v) is 9.14. The van der Waals surface area contributed by atoms with Crippen LogP contribution in [0.4, 0.5) is 17.3 Å². The molecule has 0 saturated heterocycles. The molecule has 3 aromatic carbocycles. The average molecular weight is 398 g/mol. The number of anilines is 3. The molecule has 0 saturated carbocycles. The second kappa shape index (κ2) is 8.32. The molecule has 30 heavy (non-hydrogen) atoms. The summed E-state index contributed by atoms with van der Waals surface area (Å²) in [5.41, 5.74) is 8.30. The van der Waals surface area contributed by atoms with Gasteiger partial charge in [0.25, 0.3) is 0 Å². The summed E-state index contributed by atoms with van der Waals surface area (Å²) in [6.45, 7) is 0. The number of nitrogens with zero attached hydrogens (tertiary/aromatic N) is 2. The topological polar surface area (TPSA) is 110 Å². The predicted octanol–water partition coefficient (Wildman–Crippen LogP) is 4.96. The van der Waals surface area contributed by atoms with Gasteiger partial charge in [0.1, 0.15) is 29.5 Å². The molecule has 0 fully saturated rings. The number of benzene rings is 3. The minimum Gasteiger partial charge on any atom is -0.478 e. The summed E-state index contributed by atoms with van der Waals surface area (Å²) in [5.74, 6) is 1.20. The summed E-state index contributed by atoms with van der Waals surface area (Å²) in [5, 5.41) is 12.3. The van der Waals surface area contributed by atoms with Crippen LogP contribution in [-0.4, -0.2) is 21.0 Å². The van der Waals surface area contributed by atoms with Crippen molar-refractivity contribution in [2.45, 2.75) is 0 Å². The third kappa shape index (κ3) is 4.20. The minimum absolute atomic E-state index is 0.172. The van der Waals surface area contributed by atoms with E-state index in [0.29, 0.717) is 28.6 Å². The normalized spacial score (nSPS) is 10.4. The van der Waals surface area contributed by atoms with Gasteiger partial charge in [0.05, 0.1) is 11.1 Å². The van der Waals surface area contributed by atoms with E-state index in [-0.39, 0.29) is 5.56 Å². The van der Waals surface area contributed by atoms with E-state index in [1.54, 1.807) is 12.1 Å². The third-order valence-corrected chi connectivity index (χ3v) is 4.37. The van der Waals surface area contributed by atoms with Gasteiger partial charge >= 0.3 is 5.97 Å². The summed E-state index contributed by atoms with van der Waals surface area (Å²) in [4.78, 5) is 19.6. The summed E-state index contributed by atoms with van der Waals surface area (Å²) in [6, 6.07) is 23.4. The zero-order chi connectivity index (χ0) is 20.9. The van der Waals surface area contributed by atoms with Crippen LogP contribution in [0.2, 0.25) is 0 Å². The number of nitrogen functional groups attached to an aromatic ring is 1. The second-order valence-corrected chi connectivity index (χ2v) is 6.43. The molecule has 0 aliphatic carbocycles. The first-order chi connectivity index (χ1) is 14.6. The number of carbonyl (C=O) groups is 1. The summed E-state index contributed by atoms with van der Waals surface area (Å²) >= 11 is 0. The van der Waals surface area contributed by atoms with Crippen molar-refractivity contribution in [1.29, 1.82) is 0 Å². The Kier molecular flexibility index (Phi) is 5.25. The van der Waals surface area contributed by atoms with Crippen LogP contribution in [0.5, 0.6) is 11.5 Å². The Morgan fingerprint density at radius 3 is 2.37 bits per heavy atom. The molecule has 4 rings (SSSR count). The van der Waals surface area contributed by atoms with E-state index in [9.17, 15) is 9.90 Å². The Balaban J connectivity index is 1.63. The van der Waals surface area contributed by atoms with E-state index < -0.39 is 5.97 Å². The quantitative estimate of drug-likeness (QED) is 0.421. The lowest BCUT2D eigenvalue weighted by atomic mass is 10.1. The molecule has 4 aromatic rings. The number of aromatic nitrogens is 2. The molecule has 0 radical (unpaired) electrons. The van der Waals surface area contributed by atoms with E-state index in [1.807, 2.05) is 54.6 Å². The Bertz CT molecular complexity index is 1180. The molecule has 7 nitrogen and oxygen atoms in total.